The average molecular weight is 308 g/mol. The summed E-state index contributed by atoms with van der Waals surface area (Å²) in [7, 11) is 4.49. The van der Waals surface area contributed by atoms with Gasteiger partial charge in [0.1, 0.15) is 5.75 Å². The molecule has 1 rings (SSSR count). The molecule has 0 spiro atoms. The van der Waals surface area contributed by atoms with Gasteiger partial charge in [-0.2, -0.15) is 0 Å². The zero-order valence-corrected chi connectivity index (χ0v) is 13.0. The van der Waals surface area contributed by atoms with Crippen LogP contribution in [0.15, 0.2) is 18.2 Å². The maximum Gasteiger partial charge on any atom is 0.335 e. The lowest BCUT2D eigenvalue weighted by atomic mass is 10.1. The Kier molecular flexibility index (Phi) is 5.91. The molecule has 1 aromatic rings. The Morgan fingerprint density at radius 3 is 2.36 bits per heavy atom. The molecule has 1 aromatic carbocycles. The third kappa shape index (κ3) is 4.21. The van der Waals surface area contributed by atoms with E-state index in [2.05, 4.69) is 5.32 Å². The molecule has 0 aliphatic rings. The van der Waals surface area contributed by atoms with Crippen molar-refractivity contribution < 1.29 is 24.2 Å². The number of amides is 2. The summed E-state index contributed by atoms with van der Waals surface area (Å²) in [6.45, 7) is 1.74. The number of hydrogen-bond donors (Lipinski definition) is 2. The first-order valence-corrected chi connectivity index (χ1v) is 6.70. The molecule has 0 saturated carbocycles. The molecule has 0 bridgehead atoms. The van der Waals surface area contributed by atoms with E-state index in [1.165, 1.54) is 37.3 Å². The van der Waals surface area contributed by atoms with E-state index >= 15 is 0 Å². The van der Waals surface area contributed by atoms with E-state index in [0.29, 0.717) is 0 Å². The van der Waals surface area contributed by atoms with E-state index in [0.717, 1.165) is 0 Å². The van der Waals surface area contributed by atoms with Crippen molar-refractivity contribution in [2.24, 2.45) is 0 Å². The molecule has 120 valence electrons. The van der Waals surface area contributed by atoms with Crippen LogP contribution in [-0.4, -0.2) is 55.0 Å². The second-order valence-corrected chi connectivity index (χ2v) is 4.90. The number of methoxy groups -OCH3 is 1. The minimum atomic E-state index is -1.14. The molecule has 0 aliphatic heterocycles. The van der Waals surface area contributed by atoms with E-state index in [1.54, 1.807) is 14.0 Å². The van der Waals surface area contributed by atoms with Crippen LogP contribution in [0.4, 0.5) is 0 Å². The van der Waals surface area contributed by atoms with Crippen LogP contribution in [0.3, 0.4) is 0 Å². The molecular formula is C15H20N2O5. The number of benzene rings is 1. The third-order valence-corrected chi connectivity index (χ3v) is 3.38. The number of ether oxygens (including phenoxy) is 1. The summed E-state index contributed by atoms with van der Waals surface area (Å²) >= 11 is 0. The van der Waals surface area contributed by atoms with Crippen molar-refractivity contribution in [2.75, 3.05) is 21.2 Å². The van der Waals surface area contributed by atoms with Gasteiger partial charge in [-0.15, -0.1) is 0 Å². The summed E-state index contributed by atoms with van der Waals surface area (Å²) in [6.07, 6.45) is 0.161. The fraction of sp³-hybridized carbons (Fsp3) is 0.400. The SMILES string of the molecule is CNC(=O)CC(C)N(C)C(=O)c1cc(OC)cc(C(=O)O)c1. The summed E-state index contributed by atoms with van der Waals surface area (Å²) < 4.78 is 5.02. The number of nitrogens with zero attached hydrogens (tertiary/aromatic N) is 1. The molecule has 7 heteroatoms. The van der Waals surface area contributed by atoms with Gasteiger partial charge in [0, 0.05) is 32.1 Å². The molecule has 0 saturated heterocycles. The van der Waals surface area contributed by atoms with Gasteiger partial charge in [-0.3, -0.25) is 9.59 Å². The summed E-state index contributed by atoms with van der Waals surface area (Å²) in [4.78, 5) is 36.3. The van der Waals surface area contributed by atoms with Gasteiger partial charge in [0.15, 0.2) is 0 Å². The third-order valence-electron chi connectivity index (χ3n) is 3.38. The van der Waals surface area contributed by atoms with Crippen LogP contribution in [0, 0.1) is 0 Å². The van der Waals surface area contributed by atoms with Crippen LogP contribution in [0.1, 0.15) is 34.1 Å². The van der Waals surface area contributed by atoms with Gasteiger partial charge in [-0.1, -0.05) is 0 Å². The van der Waals surface area contributed by atoms with E-state index in [1.807, 2.05) is 0 Å². The topological polar surface area (TPSA) is 95.9 Å². The standard InChI is InChI=1S/C15H20N2O5/c1-9(5-13(18)16-2)17(3)14(19)10-6-11(15(20)21)8-12(7-10)22-4/h6-9H,5H2,1-4H3,(H,16,18)(H,20,21). The molecule has 2 N–H and O–H groups in total. The quantitative estimate of drug-likeness (QED) is 0.817. The van der Waals surface area contributed by atoms with Crippen LogP contribution in [-0.2, 0) is 4.79 Å². The summed E-state index contributed by atoms with van der Waals surface area (Å²) in [6, 6.07) is 3.77. The fourth-order valence-corrected chi connectivity index (χ4v) is 1.87. The lowest BCUT2D eigenvalue weighted by Crippen LogP contribution is -2.38. The molecule has 0 heterocycles. The predicted molar refractivity (Wildman–Crippen MR) is 80.2 cm³/mol. The van der Waals surface area contributed by atoms with Gasteiger partial charge in [-0.05, 0) is 25.1 Å². The highest BCUT2D eigenvalue weighted by molar-refractivity contribution is 5.98. The minimum Gasteiger partial charge on any atom is -0.497 e. The van der Waals surface area contributed by atoms with Crippen LogP contribution >= 0.6 is 0 Å². The molecule has 0 fully saturated rings. The molecule has 1 unspecified atom stereocenters. The number of carboxylic acid groups (broad SMARTS) is 1. The number of rotatable bonds is 6. The van der Waals surface area contributed by atoms with Gasteiger partial charge in [0.25, 0.3) is 5.91 Å². The molecule has 0 radical (unpaired) electrons. The summed E-state index contributed by atoms with van der Waals surface area (Å²) in [5, 5.41) is 11.6. The van der Waals surface area contributed by atoms with Crippen molar-refractivity contribution >= 4 is 17.8 Å². The monoisotopic (exact) mass is 308 g/mol. The average Bonchev–Trinajstić information content (AvgIpc) is 2.52. The van der Waals surface area contributed by atoms with Crippen LogP contribution in [0.5, 0.6) is 5.75 Å². The number of carbonyl (C=O) groups excluding carboxylic acids is 2. The number of carboxylic acids is 1. The van der Waals surface area contributed by atoms with E-state index in [9.17, 15) is 14.4 Å². The van der Waals surface area contributed by atoms with Crippen LogP contribution < -0.4 is 10.1 Å². The highest BCUT2D eigenvalue weighted by Crippen LogP contribution is 2.19. The zero-order chi connectivity index (χ0) is 16.9. The summed E-state index contributed by atoms with van der Waals surface area (Å²) in [5.74, 6) is -1.41. The molecule has 0 aromatic heterocycles. The Morgan fingerprint density at radius 1 is 1.27 bits per heavy atom. The fourth-order valence-electron chi connectivity index (χ4n) is 1.87. The van der Waals surface area contributed by atoms with Crippen molar-refractivity contribution in [1.82, 2.24) is 10.2 Å². The van der Waals surface area contributed by atoms with Crippen LogP contribution in [0.2, 0.25) is 0 Å². The Bertz CT molecular complexity index is 585. The van der Waals surface area contributed by atoms with E-state index in [-0.39, 0.29) is 41.2 Å². The normalized spacial score (nSPS) is 11.5. The Labute approximate surface area is 128 Å². The van der Waals surface area contributed by atoms with Gasteiger partial charge in [0.2, 0.25) is 5.91 Å². The largest absolute Gasteiger partial charge is 0.497 e. The highest BCUT2D eigenvalue weighted by atomic mass is 16.5. The van der Waals surface area contributed by atoms with Crippen LogP contribution in [0.25, 0.3) is 0 Å². The van der Waals surface area contributed by atoms with Crippen molar-refractivity contribution in [3.8, 4) is 5.75 Å². The zero-order valence-electron chi connectivity index (χ0n) is 13.0. The number of carbonyl (C=O) groups is 3. The first-order valence-electron chi connectivity index (χ1n) is 6.70. The maximum absolute atomic E-state index is 12.4. The molecule has 0 aliphatic carbocycles. The lowest BCUT2D eigenvalue weighted by Gasteiger charge is -2.24. The van der Waals surface area contributed by atoms with E-state index in [4.69, 9.17) is 9.84 Å². The first kappa shape index (κ1) is 17.5. The summed E-state index contributed by atoms with van der Waals surface area (Å²) in [5.41, 5.74) is 0.165. The minimum absolute atomic E-state index is 0.0324. The van der Waals surface area contributed by atoms with Crippen molar-refractivity contribution in [1.29, 1.82) is 0 Å². The van der Waals surface area contributed by atoms with E-state index < -0.39 is 5.97 Å². The highest BCUT2D eigenvalue weighted by Gasteiger charge is 2.21. The Balaban J connectivity index is 3.03. The van der Waals surface area contributed by atoms with Crippen molar-refractivity contribution in [3.63, 3.8) is 0 Å². The predicted octanol–water partition coefficient (Wildman–Crippen LogP) is 0.990. The maximum atomic E-state index is 12.4. The van der Waals surface area contributed by atoms with Crippen molar-refractivity contribution in [2.45, 2.75) is 19.4 Å². The van der Waals surface area contributed by atoms with Gasteiger partial charge < -0.3 is 20.1 Å². The molecule has 22 heavy (non-hydrogen) atoms. The number of nitrogens with one attached hydrogen (secondary N) is 1. The van der Waals surface area contributed by atoms with Gasteiger partial charge in [0.05, 0.1) is 12.7 Å². The van der Waals surface area contributed by atoms with Crippen molar-refractivity contribution in [3.05, 3.63) is 29.3 Å². The molecule has 2 amide bonds. The molecular weight excluding hydrogens is 288 g/mol. The van der Waals surface area contributed by atoms with Gasteiger partial charge >= 0.3 is 5.97 Å². The molecule has 1 atom stereocenters. The Hall–Kier alpha value is -2.57. The number of hydrogen-bond acceptors (Lipinski definition) is 4. The second-order valence-electron chi connectivity index (χ2n) is 4.90. The van der Waals surface area contributed by atoms with Gasteiger partial charge in [-0.25, -0.2) is 4.79 Å². The smallest absolute Gasteiger partial charge is 0.335 e. The first-order chi connectivity index (χ1) is 10.3. The second kappa shape index (κ2) is 7.44. The Morgan fingerprint density at radius 2 is 1.86 bits per heavy atom. The lowest BCUT2D eigenvalue weighted by molar-refractivity contribution is -0.121. The molecule has 7 nitrogen and oxygen atoms in total. The number of aromatic carboxylic acids is 1.